The summed E-state index contributed by atoms with van der Waals surface area (Å²) >= 11 is 7.60. The van der Waals surface area contributed by atoms with Crippen molar-refractivity contribution >= 4 is 44.6 Å². The molecular formula is C15H19ClN2OS. The number of carbonyl (C=O) groups excluding carboxylic acids is 1. The first-order chi connectivity index (χ1) is 9.45. The molecule has 0 atom stereocenters. The Bertz CT molecular complexity index is 636. The van der Waals surface area contributed by atoms with Gasteiger partial charge in [0.05, 0.1) is 10.7 Å². The van der Waals surface area contributed by atoms with Crippen molar-refractivity contribution in [2.24, 2.45) is 5.92 Å². The van der Waals surface area contributed by atoms with Crippen molar-refractivity contribution in [1.29, 1.82) is 0 Å². The van der Waals surface area contributed by atoms with E-state index < -0.39 is 0 Å². The van der Waals surface area contributed by atoms with Crippen molar-refractivity contribution in [2.75, 3.05) is 18.8 Å². The predicted molar refractivity (Wildman–Crippen MR) is 87.7 cm³/mol. The molecule has 3 nitrogen and oxygen atoms in total. The number of nitrogen functional groups attached to an aromatic ring is 1. The summed E-state index contributed by atoms with van der Waals surface area (Å²) in [6.07, 6.45) is 0. The Kier molecular flexibility index (Phi) is 4.55. The maximum absolute atomic E-state index is 12.6. The number of anilines is 1. The number of nitrogens with zero attached hydrogens (tertiary/aromatic N) is 1. The minimum atomic E-state index is -0.00373. The topological polar surface area (TPSA) is 46.3 Å². The third-order valence-corrected chi connectivity index (χ3v) is 4.62. The summed E-state index contributed by atoms with van der Waals surface area (Å²) in [6.45, 7) is 7.59. The molecular weight excluding hydrogens is 292 g/mol. The van der Waals surface area contributed by atoms with Gasteiger partial charge in [-0.15, -0.1) is 11.3 Å². The van der Waals surface area contributed by atoms with Crippen molar-refractivity contribution in [3.63, 3.8) is 0 Å². The predicted octanol–water partition coefficient (Wildman–Crippen LogP) is 4.26. The average molecular weight is 311 g/mol. The second-order valence-corrected chi connectivity index (χ2v) is 6.65. The third kappa shape index (κ3) is 2.76. The molecule has 0 radical (unpaired) electrons. The van der Waals surface area contributed by atoms with Gasteiger partial charge in [0.25, 0.3) is 5.91 Å². The van der Waals surface area contributed by atoms with E-state index in [9.17, 15) is 4.79 Å². The van der Waals surface area contributed by atoms with Crippen LogP contribution >= 0.6 is 22.9 Å². The highest BCUT2D eigenvalue weighted by atomic mass is 35.5. The van der Waals surface area contributed by atoms with Gasteiger partial charge in [-0.1, -0.05) is 31.5 Å². The summed E-state index contributed by atoms with van der Waals surface area (Å²) in [5.41, 5.74) is 6.65. The van der Waals surface area contributed by atoms with Crippen LogP contribution in [-0.4, -0.2) is 23.9 Å². The van der Waals surface area contributed by atoms with Gasteiger partial charge in [0.15, 0.2) is 0 Å². The van der Waals surface area contributed by atoms with Crippen LogP contribution in [0.2, 0.25) is 5.02 Å². The molecule has 0 aliphatic rings. The molecule has 0 aliphatic carbocycles. The Labute approximate surface area is 128 Å². The molecule has 0 aliphatic heterocycles. The van der Waals surface area contributed by atoms with Crippen LogP contribution in [0.1, 0.15) is 30.4 Å². The zero-order valence-corrected chi connectivity index (χ0v) is 13.5. The van der Waals surface area contributed by atoms with E-state index in [1.165, 1.54) is 11.3 Å². The number of amides is 1. The molecule has 0 bridgehead atoms. The molecule has 1 aromatic carbocycles. The molecule has 0 unspecified atom stereocenters. The van der Waals surface area contributed by atoms with Crippen LogP contribution in [0.5, 0.6) is 0 Å². The van der Waals surface area contributed by atoms with E-state index in [0.717, 1.165) is 16.6 Å². The van der Waals surface area contributed by atoms with E-state index >= 15 is 0 Å². The highest BCUT2D eigenvalue weighted by Crippen LogP contribution is 2.38. The van der Waals surface area contributed by atoms with Crippen LogP contribution in [0, 0.1) is 5.92 Å². The van der Waals surface area contributed by atoms with Gasteiger partial charge in [0.1, 0.15) is 4.88 Å². The van der Waals surface area contributed by atoms with E-state index in [1.807, 2.05) is 24.0 Å². The lowest BCUT2D eigenvalue weighted by atomic mass is 10.2. The summed E-state index contributed by atoms with van der Waals surface area (Å²) in [5.74, 6) is 0.425. The van der Waals surface area contributed by atoms with Crippen LogP contribution in [0.3, 0.4) is 0 Å². The molecule has 2 aromatic rings. The van der Waals surface area contributed by atoms with Gasteiger partial charge in [0, 0.05) is 23.2 Å². The number of hydrogen-bond acceptors (Lipinski definition) is 3. The lowest BCUT2D eigenvalue weighted by Crippen LogP contribution is -2.33. The van der Waals surface area contributed by atoms with Gasteiger partial charge in [-0.2, -0.15) is 0 Å². The highest BCUT2D eigenvalue weighted by Gasteiger charge is 2.22. The smallest absolute Gasteiger partial charge is 0.266 e. The van der Waals surface area contributed by atoms with Crippen molar-refractivity contribution in [3.8, 4) is 0 Å². The van der Waals surface area contributed by atoms with E-state index in [0.29, 0.717) is 28.0 Å². The zero-order chi connectivity index (χ0) is 14.9. The summed E-state index contributed by atoms with van der Waals surface area (Å²) in [6, 6.07) is 5.62. The summed E-state index contributed by atoms with van der Waals surface area (Å²) in [5, 5.41) is 1.39. The fourth-order valence-corrected chi connectivity index (χ4v) is 3.68. The quantitative estimate of drug-likeness (QED) is 0.917. The molecule has 1 amide bonds. The van der Waals surface area contributed by atoms with Crippen molar-refractivity contribution in [3.05, 3.63) is 28.1 Å². The third-order valence-electron chi connectivity index (χ3n) is 3.15. The van der Waals surface area contributed by atoms with Gasteiger partial charge < -0.3 is 10.6 Å². The second kappa shape index (κ2) is 6.02. The maximum atomic E-state index is 12.6. The largest absolute Gasteiger partial charge is 0.397 e. The van der Waals surface area contributed by atoms with Crippen molar-refractivity contribution in [1.82, 2.24) is 4.90 Å². The number of hydrogen-bond donors (Lipinski definition) is 1. The molecule has 0 saturated carbocycles. The van der Waals surface area contributed by atoms with E-state index in [-0.39, 0.29) is 5.91 Å². The van der Waals surface area contributed by atoms with Crippen LogP contribution in [0.15, 0.2) is 18.2 Å². The fourth-order valence-electron chi connectivity index (χ4n) is 2.23. The fraction of sp³-hybridized carbons (Fsp3) is 0.400. The summed E-state index contributed by atoms with van der Waals surface area (Å²) < 4.78 is 0.957. The first kappa shape index (κ1) is 15.1. The number of fused-ring (bicyclic) bond motifs is 1. The highest BCUT2D eigenvalue weighted by molar-refractivity contribution is 7.21. The molecule has 108 valence electrons. The van der Waals surface area contributed by atoms with Crippen molar-refractivity contribution < 1.29 is 4.79 Å². The number of carbonyl (C=O) groups is 1. The number of benzene rings is 1. The molecule has 0 saturated heterocycles. The zero-order valence-electron chi connectivity index (χ0n) is 11.9. The van der Waals surface area contributed by atoms with Crippen LogP contribution < -0.4 is 5.73 Å². The summed E-state index contributed by atoms with van der Waals surface area (Å²) in [7, 11) is 0. The molecule has 5 heteroatoms. The van der Waals surface area contributed by atoms with E-state index in [1.54, 1.807) is 6.07 Å². The Hall–Kier alpha value is -1.26. The van der Waals surface area contributed by atoms with E-state index in [4.69, 9.17) is 17.3 Å². The van der Waals surface area contributed by atoms with E-state index in [2.05, 4.69) is 13.8 Å². The monoisotopic (exact) mass is 310 g/mol. The molecule has 1 heterocycles. The second-order valence-electron chi connectivity index (χ2n) is 5.20. The molecule has 0 spiro atoms. The first-order valence-electron chi connectivity index (χ1n) is 6.71. The number of thiophene rings is 1. The van der Waals surface area contributed by atoms with Crippen LogP contribution in [0.25, 0.3) is 10.1 Å². The van der Waals surface area contributed by atoms with Gasteiger partial charge in [-0.3, -0.25) is 4.79 Å². The minimum Gasteiger partial charge on any atom is -0.397 e. The lowest BCUT2D eigenvalue weighted by Gasteiger charge is -2.22. The molecule has 2 rings (SSSR count). The molecule has 0 fully saturated rings. The van der Waals surface area contributed by atoms with Gasteiger partial charge >= 0.3 is 0 Å². The van der Waals surface area contributed by atoms with Crippen molar-refractivity contribution in [2.45, 2.75) is 20.8 Å². The average Bonchev–Trinajstić information content (AvgIpc) is 2.73. The Morgan fingerprint density at radius 1 is 1.45 bits per heavy atom. The lowest BCUT2D eigenvalue weighted by molar-refractivity contribution is 0.0751. The minimum absolute atomic E-state index is 0.00373. The first-order valence-corrected chi connectivity index (χ1v) is 7.90. The SMILES string of the molecule is CCN(CC(C)C)C(=O)c1sc2cccc(Cl)c2c1N. The van der Waals surface area contributed by atoms with Gasteiger partial charge in [-0.05, 0) is 25.0 Å². The number of rotatable bonds is 4. The molecule has 1 aromatic heterocycles. The Morgan fingerprint density at radius 2 is 2.15 bits per heavy atom. The number of nitrogens with two attached hydrogens (primary N) is 1. The summed E-state index contributed by atoms with van der Waals surface area (Å²) in [4.78, 5) is 15.1. The Morgan fingerprint density at radius 3 is 2.70 bits per heavy atom. The Balaban J connectivity index is 2.44. The van der Waals surface area contributed by atoms with Gasteiger partial charge in [0.2, 0.25) is 0 Å². The van der Waals surface area contributed by atoms with Crippen LogP contribution in [-0.2, 0) is 0 Å². The number of halogens is 1. The molecule has 2 N–H and O–H groups in total. The normalized spacial score (nSPS) is 11.2. The van der Waals surface area contributed by atoms with Gasteiger partial charge in [-0.25, -0.2) is 0 Å². The molecule has 20 heavy (non-hydrogen) atoms. The standard InChI is InChI=1S/C15H19ClN2OS/c1-4-18(8-9(2)3)15(19)14-13(17)12-10(16)6-5-7-11(12)20-14/h5-7,9H,4,8,17H2,1-3H3. The maximum Gasteiger partial charge on any atom is 0.266 e. The van der Waals surface area contributed by atoms with Crippen LogP contribution in [0.4, 0.5) is 5.69 Å².